The first-order valence-electron chi connectivity index (χ1n) is 10.5. The van der Waals surface area contributed by atoms with Crippen molar-refractivity contribution >= 4 is 32.8 Å². The lowest BCUT2D eigenvalue weighted by Gasteiger charge is -2.23. The molecule has 0 radical (unpaired) electrons. The summed E-state index contributed by atoms with van der Waals surface area (Å²) in [5.41, 5.74) is 1.42. The SMILES string of the molecule is CNC(=O)c1c(-c2ccc(F)cc2)oc2nc(N(CCCn3ccnc3)S(C)(=O)=O)c(C)cc12. The lowest BCUT2D eigenvalue weighted by Crippen LogP contribution is -2.32. The number of amides is 1. The molecule has 0 bridgehead atoms. The van der Waals surface area contributed by atoms with E-state index in [0.717, 1.165) is 6.26 Å². The largest absolute Gasteiger partial charge is 0.437 e. The maximum atomic E-state index is 13.4. The van der Waals surface area contributed by atoms with Crippen LogP contribution in [0.5, 0.6) is 0 Å². The topological polar surface area (TPSA) is 110 Å². The number of benzene rings is 1. The van der Waals surface area contributed by atoms with Gasteiger partial charge in [0, 0.05) is 38.1 Å². The first kappa shape index (κ1) is 23.4. The number of rotatable bonds is 8. The second-order valence-corrected chi connectivity index (χ2v) is 9.77. The third kappa shape index (κ3) is 4.65. The van der Waals surface area contributed by atoms with Gasteiger partial charge in [-0.15, -0.1) is 0 Å². The van der Waals surface area contributed by atoms with E-state index in [2.05, 4.69) is 15.3 Å². The van der Waals surface area contributed by atoms with Crippen molar-refractivity contribution in [2.45, 2.75) is 19.9 Å². The Morgan fingerprint density at radius 1 is 1.26 bits per heavy atom. The fourth-order valence-corrected chi connectivity index (χ4v) is 4.73. The van der Waals surface area contributed by atoms with Gasteiger partial charge in [0.05, 0.1) is 23.5 Å². The maximum absolute atomic E-state index is 13.4. The molecule has 34 heavy (non-hydrogen) atoms. The number of nitrogens with one attached hydrogen (secondary N) is 1. The van der Waals surface area contributed by atoms with Crippen molar-refractivity contribution in [3.05, 3.63) is 66.0 Å². The van der Waals surface area contributed by atoms with E-state index >= 15 is 0 Å². The van der Waals surface area contributed by atoms with Gasteiger partial charge in [-0.25, -0.2) is 17.8 Å². The van der Waals surface area contributed by atoms with E-state index in [9.17, 15) is 17.6 Å². The number of carbonyl (C=O) groups is 1. The van der Waals surface area contributed by atoms with Crippen LogP contribution >= 0.6 is 0 Å². The van der Waals surface area contributed by atoms with Crippen LogP contribution in [0.2, 0.25) is 0 Å². The number of furan rings is 1. The Morgan fingerprint density at radius 2 is 2.00 bits per heavy atom. The van der Waals surface area contributed by atoms with Crippen molar-refractivity contribution in [1.29, 1.82) is 0 Å². The van der Waals surface area contributed by atoms with Gasteiger partial charge in [0.25, 0.3) is 5.91 Å². The quantitative estimate of drug-likeness (QED) is 0.410. The molecule has 0 spiro atoms. The summed E-state index contributed by atoms with van der Waals surface area (Å²) in [7, 11) is -2.15. The Morgan fingerprint density at radius 3 is 2.62 bits per heavy atom. The van der Waals surface area contributed by atoms with Gasteiger partial charge < -0.3 is 14.3 Å². The summed E-state index contributed by atoms with van der Waals surface area (Å²) in [4.78, 5) is 21.2. The van der Waals surface area contributed by atoms with Crippen LogP contribution < -0.4 is 9.62 Å². The molecule has 4 aromatic rings. The third-order valence-corrected chi connectivity index (χ3v) is 6.54. The number of hydrogen-bond acceptors (Lipinski definition) is 6. The van der Waals surface area contributed by atoms with Gasteiger partial charge in [0.15, 0.2) is 0 Å². The minimum Gasteiger partial charge on any atom is -0.437 e. The molecule has 0 atom stereocenters. The Balaban J connectivity index is 1.79. The fourth-order valence-electron chi connectivity index (χ4n) is 3.77. The molecule has 0 aliphatic carbocycles. The van der Waals surface area contributed by atoms with Crippen LogP contribution in [-0.2, 0) is 16.6 Å². The number of nitrogens with zero attached hydrogens (tertiary/aromatic N) is 4. The number of aromatic nitrogens is 3. The van der Waals surface area contributed by atoms with Crippen LogP contribution in [0.15, 0.2) is 53.5 Å². The molecule has 1 aromatic carbocycles. The molecule has 3 aromatic heterocycles. The monoisotopic (exact) mass is 485 g/mol. The zero-order valence-electron chi connectivity index (χ0n) is 18.9. The molecule has 4 rings (SSSR count). The van der Waals surface area contributed by atoms with Gasteiger partial charge >= 0.3 is 0 Å². The van der Waals surface area contributed by atoms with Gasteiger partial charge in [-0.2, -0.15) is 4.98 Å². The van der Waals surface area contributed by atoms with Crippen LogP contribution in [-0.4, -0.2) is 48.7 Å². The Hall–Kier alpha value is -3.73. The highest BCUT2D eigenvalue weighted by Crippen LogP contribution is 2.36. The third-order valence-electron chi connectivity index (χ3n) is 5.38. The average Bonchev–Trinajstić information content (AvgIpc) is 3.43. The lowest BCUT2D eigenvalue weighted by molar-refractivity contribution is 0.0964. The highest BCUT2D eigenvalue weighted by Gasteiger charge is 2.26. The summed E-state index contributed by atoms with van der Waals surface area (Å²) in [5, 5.41) is 3.03. The predicted molar refractivity (Wildman–Crippen MR) is 127 cm³/mol. The van der Waals surface area contributed by atoms with Gasteiger partial charge in [0.2, 0.25) is 15.7 Å². The molecule has 0 saturated heterocycles. The lowest BCUT2D eigenvalue weighted by atomic mass is 10.0. The zero-order chi connectivity index (χ0) is 24.5. The normalized spacial score (nSPS) is 11.6. The number of fused-ring (bicyclic) bond motifs is 1. The van der Waals surface area contributed by atoms with Crippen LogP contribution in [0.4, 0.5) is 10.2 Å². The number of halogens is 1. The minimum absolute atomic E-state index is 0.113. The summed E-state index contributed by atoms with van der Waals surface area (Å²) >= 11 is 0. The van der Waals surface area contributed by atoms with E-state index in [0.29, 0.717) is 29.5 Å². The summed E-state index contributed by atoms with van der Waals surface area (Å²) in [6.45, 7) is 2.52. The van der Waals surface area contributed by atoms with Crippen LogP contribution in [0.3, 0.4) is 0 Å². The zero-order valence-corrected chi connectivity index (χ0v) is 19.8. The second kappa shape index (κ2) is 9.26. The molecule has 1 amide bonds. The molecule has 0 aliphatic heterocycles. The van der Waals surface area contributed by atoms with E-state index in [4.69, 9.17) is 4.42 Å². The first-order chi connectivity index (χ1) is 16.2. The van der Waals surface area contributed by atoms with Gasteiger partial charge in [-0.3, -0.25) is 9.10 Å². The molecule has 3 heterocycles. The van der Waals surface area contributed by atoms with Crippen molar-refractivity contribution in [3.8, 4) is 11.3 Å². The van der Waals surface area contributed by atoms with Crippen LogP contribution in [0.1, 0.15) is 22.3 Å². The number of sulfonamides is 1. The molecule has 11 heteroatoms. The summed E-state index contributed by atoms with van der Waals surface area (Å²) in [6.07, 6.45) is 6.79. The van der Waals surface area contributed by atoms with Crippen molar-refractivity contribution in [3.63, 3.8) is 0 Å². The molecule has 178 valence electrons. The van der Waals surface area contributed by atoms with E-state index in [1.54, 1.807) is 31.7 Å². The molecule has 9 nitrogen and oxygen atoms in total. The second-order valence-electron chi connectivity index (χ2n) is 7.86. The van der Waals surface area contributed by atoms with Crippen LogP contribution in [0, 0.1) is 12.7 Å². The number of hydrogen-bond donors (Lipinski definition) is 1. The van der Waals surface area contributed by atoms with Crippen molar-refractivity contribution in [2.75, 3.05) is 24.2 Å². The first-order valence-corrected chi connectivity index (χ1v) is 12.4. The smallest absolute Gasteiger partial charge is 0.255 e. The summed E-state index contributed by atoms with van der Waals surface area (Å²) in [5.74, 6) is -0.364. The van der Waals surface area contributed by atoms with E-state index in [1.807, 2.05) is 4.57 Å². The highest BCUT2D eigenvalue weighted by molar-refractivity contribution is 7.92. The van der Waals surface area contributed by atoms with Crippen molar-refractivity contribution in [1.82, 2.24) is 19.9 Å². The van der Waals surface area contributed by atoms with Crippen LogP contribution in [0.25, 0.3) is 22.4 Å². The number of anilines is 1. The number of carbonyl (C=O) groups excluding carboxylic acids is 1. The number of pyridine rings is 1. The van der Waals surface area contributed by atoms with Gasteiger partial charge in [0.1, 0.15) is 17.4 Å². The van der Waals surface area contributed by atoms with E-state index in [-0.39, 0.29) is 29.4 Å². The number of aryl methyl sites for hydroxylation is 2. The molecule has 0 saturated carbocycles. The van der Waals surface area contributed by atoms with Gasteiger partial charge in [-0.1, -0.05) is 0 Å². The highest BCUT2D eigenvalue weighted by atomic mass is 32.2. The molecule has 1 N–H and O–H groups in total. The minimum atomic E-state index is -3.65. The Kier molecular flexibility index (Phi) is 6.38. The maximum Gasteiger partial charge on any atom is 0.255 e. The van der Waals surface area contributed by atoms with Crippen molar-refractivity contribution < 1.29 is 22.0 Å². The number of imidazole rings is 1. The van der Waals surface area contributed by atoms with E-state index in [1.165, 1.54) is 35.6 Å². The molecule has 0 unspecified atom stereocenters. The summed E-state index contributed by atoms with van der Waals surface area (Å²) in [6, 6.07) is 7.24. The van der Waals surface area contributed by atoms with E-state index < -0.39 is 21.7 Å². The molecular formula is C23H24FN5O4S. The molecule has 0 aliphatic rings. The predicted octanol–water partition coefficient (Wildman–Crippen LogP) is 3.35. The Bertz CT molecular complexity index is 1430. The fraction of sp³-hybridized carbons (Fsp3) is 0.261. The van der Waals surface area contributed by atoms with Crippen molar-refractivity contribution in [2.24, 2.45) is 0 Å². The molecule has 0 fully saturated rings. The average molecular weight is 486 g/mol. The molecular weight excluding hydrogens is 461 g/mol. The Labute approximate surface area is 196 Å². The standard InChI is InChI=1S/C23H24FN5O4S/c1-15-13-18-19(22(30)25-2)20(16-5-7-17(24)8-6-16)33-23(18)27-21(15)29(34(3,31)32)11-4-10-28-12-9-26-14-28/h5-9,12-14H,4,10-11H2,1-3H3,(H,25,30). The summed E-state index contributed by atoms with van der Waals surface area (Å²) < 4.78 is 47.7. The van der Waals surface area contributed by atoms with Gasteiger partial charge in [-0.05, 0) is 49.2 Å².